The zero-order chi connectivity index (χ0) is 24.8. The maximum atomic E-state index is 12.8. The molecule has 1 fully saturated rings. The molecule has 4 amide bonds. The van der Waals surface area contributed by atoms with Crippen LogP contribution in [0, 0.1) is 0 Å². The van der Waals surface area contributed by atoms with Gasteiger partial charge < -0.3 is 24.5 Å². The monoisotopic (exact) mass is 475 g/mol. The van der Waals surface area contributed by atoms with Crippen molar-refractivity contribution in [2.24, 2.45) is 0 Å². The Hall–Kier alpha value is -4.86. The Morgan fingerprint density at radius 1 is 1.06 bits per heavy atom. The number of ether oxygens (including phenoxy) is 2. The summed E-state index contributed by atoms with van der Waals surface area (Å²) in [6, 6.07) is 18.0. The number of hydrogen-bond acceptors (Lipinski definition) is 7. The van der Waals surface area contributed by atoms with E-state index < -0.39 is 17.9 Å². The van der Waals surface area contributed by atoms with Crippen LogP contribution in [-0.2, 0) is 20.9 Å². The Bertz CT molecular complexity index is 1300. The van der Waals surface area contributed by atoms with Gasteiger partial charge in [-0.25, -0.2) is 9.59 Å². The molecule has 1 saturated heterocycles. The van der Waals surface area contributed by atoms with E-state index >= 15 is 0 Å². The highest BCUT2D eigenvalue weighted by Crippen LogP contribution is 2.21. The highest BCUT2D eigenvalue weighted by Gasteiger charge is 2.34. The summed E-state index contributed by atoms with van der Waals surface area (Å²) in [5.41, 5.74) is 1.31. The van der Waals surface area contributed by atoms with Crippen molar-refractivity contribution in [3.8, 4) is 5.75 Å². The summed E-state index contributed by atoms with van der Waals surface area (Å²) < 4.78 is 15.5. The number of anilines is 1. The largest absolute Gasteiger partial charge is 0.484 e. The normalized spacial score (nSPS) is 14.1. The molecule has 1 aliphatic heterocycles. The van der Waals surface area contributed by atoms with Crippen molar-refractivity contribution in [3.63, 3.8) is 0 Å². The van der Waals surface area contributed by atoms with Gasteiger partial charge in [0.05, 0.1) is 13.7 Å². The third-order valence-electron chi connectivity index (χ3n) is 4.92. The van der Waals surface area contributed by atoms with Gasteiger partial charge in [-0.2, -0.15) is 0 Å². The van der Waals surface area contributed by atoms with Gasteiger partial charge in [0.15, 0.2) is 6.61 Å². The first kappa shape index (κ1) is 23.3. The third-order valence-corrected chi connectivity index (χ3v) is 4.92. The lowest BCUT2D eigenvalue weighted by Crippen LogP contribution is -2.30. The number of imide groups is 1. The zero-order valence-corrected chi connectivity index (χ0v) is 18.6. The molecule has 1 aromatic heterocycles. The highest BCUT2D eigenvalue weighted by atomic mass is 16.5. The maximum Gasteiger partial charge on any atom is 0.373 e. The number of carbonyl (C=O) groups is 4. The summed E-state index contributed by atoms with van der Waals surface area (Å²) in [6.45, 7) is -0.353. The van der Waals surface area contributed by atoms with Crippen LogP contribution < -0.4 is 15.4 Å². The predicted octanol–water partition coefficient (Wildman–Crippen LogP) is 3.18. The van der Waals surface area contributed by atoms with Crippen LogP contribution in [0.5, 0.6) is 5.75 Å². The van der Waals surface area contributed by atoms with Gasteiger partial charge >= 0.3 is 12.0 Å². The quantitative estimate of drug-likeness (QED) is 0.291. The van der Waals surface area contributed by atoms with Gasteiger partial charge in [0, 0.05) is 5.69 Å². The number of rotatable bonds is 8. The number of carbonyl (C=O) groups excluding carboxylic acids is 4. The van der Waals surface area contributed by atoms with Crippen LogP contribution in [0.2, 0.25) is 0 Å². The Labute approximate surface area is 200 Å². The van der Waals surface area contributed by atoms with Crippen molar-refractivity contribution in [2.75, 3.05) is 19.0 Å². The minimum atomic E-state index is -0.659. The van der Waals surface area contributed by atoms with Crippen LogP contribution in [-0.4, -0.2) is 42.4 Å². The lowest BCUT2D eigenvalue weighted by Gasteiger charge is -2.09. The number of amides is 4. The molecular weight excluding hydrogens is 454 g/mol. The van der Waals surface area contributed by atoms with Gasteiger partial charge in [-0.3, -0.25) is 14.5 Å². The Morgan fingerprint density at radius 2 is 1.86 bits per heavy atom. The third kappa shape index (κ3) is 5.74. The Balaban J connectivity index is 1.38. The van der Waals surface area contributed by atoms with Gasteiger partial charge in [0.25, 0.3) is 11.8 Å². The Morgan fingerprint density at radius 3 is 2.63 bits per heavy atom. The van der Waals surface area contributed by atoms with Crippen LogP contribution in [0.4, 0.5) is 10.5 Å². The summed E-state index contributed by atoms with van der Waals surface area (Å²) >= 11 is 0. The van der Waals surface area contributed by atoms with E-state index in [0.29, 0.717) is 17.0 Å². The first-order valence-corrected chi connectivity index (χ1v) is 10.5. The van der Waals surface area contributed by atoms with E-state index in [1.54, 1.807) is 36.4 Å². The molecule has 2 heterocycles. The van der Waals surface area contributed by atoms with Crippen LogP contribution in [0.3, 0.4) is 0 Å². The SMILES string of the molecule is COC(=O)c1ccc(CN2C(=O)N/C(=C\c3cccc(OCC(=O)Nc4ccccc4)c3)C2=O)o1. The standard InChI is InChI=1S/C25H21N3O7/c1-33-24(31)21-11-10-19(35-21)14-28-23(30)20(27-25(28)32)13-16-6-5-9-18(12-16)34-15-22(29)26-17-7-3-2-4-8-17/h2-13H,14-15H2,1H3,(H,26,29)(H,27,32)/b20-13-. The molecule has 4 rings (SSSR count). The second-order valence-corrected chi connectivity index (χ2v) is 7.41. The number of methoxy groups -OCH3 is 1. The molecule has 0 unspecified atom stereocenters. The highest BCUT2D eigenvalue weighted by molar-refractivity contribution is 6.13. The number of furan rings is 1. The average Bonchev–Trinajstić information content (AvgIpc) is 3.43. The molecular formula is C25H21N3O7. The Kier molecular flexibility index (Phi) is 6.91. The minimum Gasteiger partial charge on any atom is -0.484 e. The van der Waals surface area contributed by atoms with Crippen LogP contribution in [0.25, 0.3) is 6.08 Å². The van der Waals surface area contributed by atoms with Crippen LogP contribution in [0.1, 0.15) is 21.9 Å². The average molecular weight is 475 g/mol. The number of hydrogen-bond donors (Lipinski definition) is 2. The maximum absolute atomic E-state index is 12.8. The molecule has 0 bridgehead atoms. The molecule has 3 aromatic rings. The summed E-state index contributed by atoms with van der Waals surface area (Å²) in [7, 11) is 1.22. The van der Waals surface area contributed by atoms with E-state index in [0.717, 1.165) is 4.90 Å². The summed E-state index contributed by atoms with van der Waals surface area (Å²) in [4.78, 5) is 49.7. The molecule has 2 aromatic carbocycles. The van der Waals surface area contributed by atoms with E-state index in [1.807, 2.05) is 18.2 Å². The minimum absolute atomic E-state index is 0.0282. The number of urea groups is 1. The molecule has 0 atom stereocenters. The fourth-order valence-corrected chi connectivity index (χ4v) is 3.27. The second kappa shape index (κ2) is 10.4. The summed E-state index contributed by atoms with van der Waals surface area (Å²) in [5, 5.41) is 5.25. The van der Waals surface area contributed by atoms with Crippen molar-refractivity contribution in [1.29, 1.82) is 0 Å². The fourth-order valence-electron chi connectivity index (χ4n) is 3.27. The number of nitrogens with one attached hydrogen (secondary N) is 2. The molecule has 0 saturated carbocycles. The molecule has 178 valence electrons. The molecule has 2 N–H and O–H groups in total. The number of esters is 1. The number of para-hydroxylation sites is 1. The van der Waals surface area contributed by atoms with Gasteiger partial charge in [0.1, 0.15) is 17.2 Å². The van der Waals surface area contributed by atoms with Crippen molar-refractivity contribution in [1.82, 2.24) is 10.2 Å². The first-order chi connectivity index (χ1) is 16.9. The van der Waals surface area contributed by atoms with Gasteiger partial charge in [-0.1, -0.05) is 30.3 Å². The molecule has 35 heavy (non-hydrogen) atoms. The lowest BCUT2D eigenvalue weighted by atomic mass is 10.2. The van der Waals surface area contributed by atoms with Crippen LogP contribution in [0.15, 0.2) is 76.8 Å². The van der Waals surface area contributed by atoms with Gasteiger partial charge in [0.2, 0.25) is 5.76 Å². The number of nitrogens with zero attached hydrogens (tertiary/aromatic N) is 1. The predicted molar refractivity (Wildman–Crippen MR) is 124 cm³/mol. The summed E-state index contributed by atoms with van der Waals surface area (Å²) in [6.07, 6.45) is 1.50. The summed E-state index contributed by atoms with van der Waals surface area (Å²) in [5.74, 6) is -0.892. The molecule has 0 radical (unpaired) electrons. The van der Waals surface area contributed by atoms with Gasteiger partial charge in [-0.05, 0) is 48.0 Å². The second-order valence-electron chi connectivity index (χ2n) is 7.41. The smallest absolute Gasteiger partial charge is 0.373 e. The molecule has 0 aliphatic carbocycles. The molecule has 0 spiro atoms. The van der Waals surface area contributed by atoms with Crippen LogP contribution >= 0.6 is 0 Å². The van der Waals surface area contributed by atoms with Crippen molar-refractivity contribution >= 4 is 35.6 Å². The van der Waals surface area contributed by atoms with E-state index in [1.165, 1.54) is 25.3 Å². The number of benzene rings is 2. The van der Waals surface area contributed by atoms with Crippen molar-refractivity contribution < 1.29 is 33.1 Å². The zero-order valence-electron chi connectivity index (χ0n) is 18.6. The lowest BCUT2D eigenvalue weighted by molar-refractivity contribution is -0.123. The molecule has 10 nitrogen and oxygen atoms in total. The van der Waals surface area contributed by atoms with E-state index in [4.69, 9.17) is 9.15 Å². The van der Waals surface area contributed by atoms with Gasteiger partial charge in [-0.15, -0.1) is 0 Å². The van der Waals surface area contributed by atoms with E-state index in [-0.39, 0.29) is 36.3 Å². The van der Waals surface area contributed by atoms with E-state index in [2.05, 4.69) is 15.4 Å². The first-order valence-electron chi connectivity index (χ1n) is 10.5. The van der Waals surface area contributed by atoms with E-state index in [9.17, 15) is 19.2 Å². The van der Waals surface area contributed by atoms with Crippen molar-refractivity contribution in [3.05, 3.63) is 89.5 Å². The molecule has 10 heteroatoms. The van der Waals surface area contributed by atoms with Crippen molar-refractivity contribution in [2.45, 2.75) is 6.54 Å². The topological polar surface area (TPSA) is 127 Å². The fraction of sp³-hybridized carbons (Fsp3) is 0.120. The molecule has 1 aliphatic rings.